The number of aryl methyl sites for hydroxylation is 1. The fourth-order valence-electron chi connectivity index (χ4n) is 3.20. The topological polar surface area (TPSA) is 72.7 Å². The molecule has 0 spiro atoms. The Bertz CT molecular complexity index is 1130. The molecule has 4 aromatic rings. The van der Waals surface area contributed by atoms with Crippen molar-refractivity contribution in [2.75, 3.05) is 11.1 Å². The number of nitrogens with one attached hydrogen (secondary N) is 1. The zero-order valence-electron chi connectivity index (χ0n) is 16.4. The number of aromatic nitrogens is 4. The number of carbonyl (C=O) groups is 1. The first-order chi connectivity index (χ1) is 14.1. The van der Waals surface area contributed by atoms with Gasteiger partial charge in [0.15, 0.2) is 16.1 Å². The molecule has 0 fully saturated rings. The number of thiazole rings is 1. The van der Waals surface area contributed by atoms with E-state index < -0.39 is 0 Å². The molecule has 0 radical (unpaired) electrons. The molecule has 0 atom stereocenters. The minimum absolute atomic E-state index is 0.0955. The molecule has 0 aliphatic rings. The molecule has 1 aromatic carbocycles. The molecule has 4 rings (SSSR count). The fourth-order valence-corrected chi connectivity index (χ4v) is 5.82. The molecule has 3 heterocycles. The number of nitrogens with zero attached hydrogens (tertiary/aromatic N) is 4. The quantitative estimate of drug-likeness (QED) is 0.396. The monoisotopic (exact) mass is 443 g/mol. The molecule has 6 nitrogen and oxygen atoms in total. The number of thiophene rings is 1. The number of para-hydroxylation sites is 1. The van der Waals surface area contributed by atoms with Gasteiger partial charge < -0.3 is 9.88 Å². The average Bonchev–Trinajstić information content (AvgIpc) is 3.41. The van der Waals surface area contributed by atoms with Gasteiger partial charge in [-0.2, -0.15) is 0 Å². The highest BCUT2D eigenvalue weighted by atomic mass is 32.2. The Morgan fingerprint density at radius 2 is 2.07 bits per heavy atom. The van der Waals surface area contributed by atoms with Gasteiger partial charge in [0.25, 0.3) is 0 Å². The lowest BCUT2D eigenvalue weighted by Crippen LogP contribution is -2.14. The van der Waals surface area contributed by atoms with Crippen molar-refractivity contribution in [1.82, 2.24) is 19.7 Å². The standard InChI is InChI=1S/C20H21N5OS3/c1-4-13-12(3)27-10-14(13)18-23-24-20(25(18)5-2)28-11-17(26)22-19-21-15-8-6-7-9-16(15)29-19/h6-10H,4-5,11H2,1-3H3,(H,21,22,26). The molecule has 0 saturated heterocycles. The summed E-state index contributed by atoms with van der Waals surface area (Å²) in [4.78, 5) is 18.2. The van der Waals surface area contributed by atoms with Crippen LogP contribution in [0.4, 0.5) is 5.13 Å². The number of carbonyl (C=O) groups excluding carboxylic acids is 1. The zero-order valence-corrected chi connectivity index (χ0v) is 18.9. The molecule has 0 aliphatic carbocycles. The summed E-state index contributed by atoms with van der Waals surface area (Å²) >= 11 is 4.62. The van der Waals surface area contributed by atoms with Crippen LogP contribution in [0.15, 0.2) is 34.8 Å². The molecule has 29 heavy (non-hydrogen) atoms. The SMILES string of the molecule is CCc1c(-c2nnc(SCC(=O)Nc3nc4ccccc4s3)n2CC)csc1C. The van der Waals surface area contributed by atoms with Crippen molar-refractivity contribution in [3.05, 3.63) is 40.1 Å². The van der Waals surface area contributed by atoms with Gasteiger partial charge in [-0.15, -0.1) is 21.5 Å². The third-order valence-corrected chi connectivity index (χ3v) is 7.48. The van der Waals surface area contributed by atoms with Crippen molar-refractivity contribution in [1.29, 1.82) is 0 Å². The van der Waals surface area contributed by atoms with Gasteiger partial charge in [-0.25, -0.2) is 4.98 Å². The first-order valence-corrected chi connectivity index (χ1v) is 12.1. The first-order valence-electron chi connectivity index (χ1n) is 9.39. The van der Waals surface area contributed by atoms with Crippen LogP contribution in [0.5, 0.6) is 0 Å². The van der Waals surface area contributed by atoms with Gasteiger partial charge in [-0.1, -0.05) is 42.2 Å². The van der Waals surface area contributed by atoms with E-state index >= 15 is 0 Å². The van der Waals surface area contributed by atoms with E-state index in [-0.39, 0.29) is 11.7 Å². The lowest BCUT2D eigenvalue weighted by Gasteiger charge is -2.08. The Morgan fingerprint density at radius 3 is 2.83 bits per heavy atom. The number of benzene rings is 1. The van der Waals surface area contributed by atoms with Crippen LogP contribution in [-0.2, 0) is 17.8 Å². The van der Waals surface area contributed by atoms with E-state index in [1.165, 1.54) is 33.5 Å². The average molecular weight is 444 g/mol. The van der Waals surface area contributed by atoms with Crippen LogP contribution in [0.3, 0.4) is 0 Å². The van der Waals surface area contributed by atoms with E-state index in [0.717, 1.165) is 39.7 Å². The summed E-state index contributed by atoms with van der Waals surface area (Å²) in [5.41, 5.74) is 3.37. The number of thioether (sulfide) groups is 1. The van der Waals surface area contributed by atoms with Crippen molar-refractivity contribution < 1.29 is 4.79 Å². The Morgan fingerprint density at radius 1 is 1.24 bits per heavy atom. The Kier molecular flexibility index (Phi) is 5.98. The predicted molar refractivity (Wildman–Crippen MR) is 122 cm³/mol. The number of anilines is 1. The number of amides is 1. The normalized spacial score (nSPS) is 11.3. The van der Waals surface area contributed by atoms with E-state index in [4.69, 9.17) is 0 Å². The molecule has 3 aromatic heterocycles. The fraction of sp³-hybridized carbons (Fsp3) is 0.300. The molecule has 0 bridgehead atoms. The molecule has 1 amide bonds. The van der Waals surface area contributed by atoms with Crippen LogP contribution in [0.1, 0.15) is 24.3 Å². The lowest BCUT2D eigenvalue weighted by atomic mass is 10.1. The highest BCUT2D eigenvalue weighted by molar-refractivity contribution is 7.99. The Balaban J connectivity index is 1.46. The summed E-state index contributed by atoms with van der Waals surface area (Å²) in [6.45, 7) is 7.13. The van der Waals surface area contributed by atoms with Gasteiger partial charge in [-0.3, -0.25) is 4.79 Å². The Labute approximate surface area is 181 Å². The molecule has 0 aliphatic heterocycles. The highest BCUT2D eigenvalue weighted by Gasteiger charge is 2.19. The predicted octanol–water partition coefficient (Wildman–Crippen LogP) is 5.24. The highest BCUT2D eigenvalue weighted by Crippen LogP contribution is 2.32. The van der Waals surface area contributed by atoms with E-state index in [9.17, 15) is 4.79 Å². The van der Waals surface area contributed by atoms with Gasteiger partial charge in [0, 0.05) is 22.4 Å². The van der Waals surface area contributed by atoms with Crippen LogP contribution in [0.2, 0.25) is 0 Å². The summed E-state index contributed by atoms with van der Waals surface area (Å²) in [6, 6.07) is 7.85. The summed E-state index contributed by atoms with van der Waals surface area (Å²) < 4.78 is 3.14. The summed E-state index contributed by atoms with van der Waals surface area (Å²) in [7, 11) is 0. The van der Waals surface area contributed by atoms with Crippen LogP contribution in [0.25, 0.3) is 21.6 Å². The van der Waals surface area contributed by atoms with Crippen molar-refractivity contribution in [3.63, 3.8) is 0 Å². The molecule has 9 heteroatoms. The second-order valence-corrected chi connectivity index (χ2v) is 9.47. The van der Waals surface area contributed by atoms with Gasteiger partial charge >= 0.3 is 0 Å². The molecular weight excluding hydrogens is 422 g/mol. The maximum atomic E-state index is 12.4. The number of fused-ring (bicyclic) bond motifs is 1. The van der Waals surface area contributed by atoms with Crippen LogP contribution < -0.4 is 5.32 Å². The van der Waals surface area contributed by atoms with E-state index in [1.807, 2.05) is 24.3 Å². The van der Waals surface area contributed by atoms with Gasteiger partial charge in [0.1, 0.15) is 0 Å². The summed E-state index contributed by atoms with van der Waals surface area (Å²) in [5, 5.41) is 15.2. The van der Waals surface area contributed by atoms with Crippen LogP contribution in [0, 0.1) is 6.92 Å². The third kappa shape index (κ3) is 4.08. The zero-order chi connectivity index (χ0) is 20.4. The van der Waals surface area contributed by atoms with Crippen molar-refractivity contribution in [3.8, 4) is 11.4 Å². The van der Waals surface area contributed by atoms with E-state index in [1.54, 1.807) is 11.3 Å². The Hall–Kier alpha value is -2.23. The smallest absolute Gasteiger partial charge is 0.236 e. The first kappa shape index (κ1) is 20.1. The van der Waals surface area contributed by atoms with Gasteiger partial charge in [-0.05, 0) is 38.0 Å². The van der Waals surface area contributed by atoms with Crippen molar-refractivity contribution in [2.45, 2.75) is 38.9 Å². The molecular formula is C20H21N5OS3. The van der Waals surface area contributed by atoms with Crippen molar-refractivity contribution >= 4 is 55.7 Å². The molecule has 0 unspecified atom stereocenters. The lowest BCUT2D eigenvalue weighted by molar-refractivity contribution is -0.113. The van der Waals surface area contributed by atoms with Crippen molar-refractivity contribution in [2.24, 2.45) is 0 Å². The second kappa shape index (κ2) is 8.64. The number of hydrogen-bond acceptors (Lipinski definition) is 7. The second-order valence-electron chi connectivity index (χ2n) is 6.41. The summed E-state index contributed by atoms with van der Waals surface area (Å²) in [6.07, 6.45) is 0.967. The number of rotatable bonds is 7. The molecule has 1 N–H and O–H groups in total. The maximum absolute atomic E-state index is 12.4. The van der Waals surface area contributed by atoms with Crippen LogP contribution >= 0.6 is 34.4 Å². The largest absolute Gasteiger partial charge is 0.302 e. The van der Waals surface area contributed by atoms with E-state index in [2.05, 4.69) is 51.2 Å². The van der Waals surface area contributed by atoms with Crippen LogP contribution in [-0.4, -0.2) is 31.4 Å². The maximum Gasteiger partial charge on any atom is 0.236 e. The van der Waals surface area contributed by atoms with Gasteiger partial charge in [0.05, 0.1) is 16.0 Å². The molecule has 0 saturated carbocycles. The number of hydrogen-bond donors (Lipinski definition) is 1. The minimum Gasteiger partial charge on any atom is -0.302 e. The molecule has 150 valence electrons. The van der Waals surface area contributed by atoms with Gasteiger partial charge in [0.2, 0.25) is 5.91 Å². The summed E-state index contributed by atoms with van der Waals surface area (Å²) in [5.74, 6) is 1.04. The minimum atomic E-state index is -0.0955. The third-order valence-electron chi connectivity index (χ3n) is 4.60. The van der Waals surface area contributed by atoms with E-state index in [0.29, 0.717) is 5.13 Å².